The van der Waals surface area contributed by atoms with E-state index >= 15 is 0 Å². The third-order valence-electron chi connectivity index (χ3n) is 3.69. The van der Waals surface area contributed by atoms with Crippen molar-refractivity contribution in [2.75, 3.05) is 32.6 Å². The van der Waals surface area contributed by atoms with Gasteiger partial charge in [0.1, 0.15) is 5.88 Å². The Morgan fingerprint density at radius 1 is 1.44 bits per heavy atom. The summed E-state index contributed by atoms with van der Waals surface area (Å²) in [6, 6.07) is 0. The fraction of sp³-hybridized carbons (Fsp3) is 0.917. The van der Waals surface area contributed by atoms with Crippen LogP contribution in [0.15, 0.2) is 0 Å². The van der Waals surface area contributed by atoms with Gasteiger partial charge in [0.25, 0.3) is 0 Å². The molecule has 0 aliphatic carbocycles. The Labute approximate surface area is 104 Å². The van der Waals surface area contributed by atoms with Crippen LogP contribution >= 0.6 is 11.6 Å². The molecular formula is C12H23ClN2O. The summed E-state index contributed by atoms with van der Waals surface area (Å²) < 4.78 is 0. The molecule has 0 aromatic rings. The molecule has 3 nitrogen and oxygen atoms in total. The lowest BCUT2D eigenvalue weighted by Crippen LogP contribution is -2.43. The normalized spacial score (nSPS) is 19.8. The Kier molecular flexibility index (Phi) is 5.06. The van der Waals surface area contributed by atoms with Crippen LogP contribution in [0.1, 0.15) is 26.7 Å². The highest BCUT2D eigenvalue weighted by molar-refractivity contribution is 6.27. The minimum Gasteiger partial charge on any atom is -0.355 e. The molecule has 16 heavy (non-hydrogen) atoms. The molecule has 1 amide bonds. The molecule has 0 saturated carbocycles. The average Bonchev–Trinajstić information content (AvgIpc) is 2.26. The van der Waals surface area contributed by atoms with Crippen molar-refractivity contribution in [3.8, 4) is 0 Å². The monoisotopic (exact) mass is 246 g/mol. The zero-order valence-corrected chi connectivity index (χ0v) is 11.3. The molecule has 1 saturated heterocycles. The Morgan fingerprint density at radius 3 is 2.50 bits per heavy atom. The maximum Gasteiger partial charge on any atom is 0.234 e. The van der Waals surface area contributed by atoms with E-state index in [-0.39, 0.29) is 17.2 Å². The van der Waals surface area contributed by atoms with E-state index in [0.29, 0.717) is 5.92 Å². The fourth-order valence-electron chi connectivity index (χ4n) is 2.31. The molecule has 1 aliphatic rings. The van der Waals surface area contributed by atoms with Crippen LogP contribution in [0.3, 0.4) is 0 Å². The van der Waals surface area contributed by atoms with Crippen LogP contribution < -0.4 is 5.32 Å². The lowest BCUT2D eigenvalue weighted by molar-refractivity contribution is -0.119. The predicted octanol–water partition coefficient (Wildman–Crippen LogP) is 1.71. The number of hydrogen-bond donors (Lipinski definition) is 1. The number of amides is 1. The molecule has 0 aromatic heterocycles. The molecule has 1 heterocycles. The number of likely N-dealkylation sites (tertiary alicyclic amines) is 1. The number of piperidine rings is 1. The molecular weight excluding hydrogens is 224 g/mol. The van der Waals surface area contributed by atoms with Crippen molar-refractivity contribution >= 4 is 17.5 Å². The van der Waals surface area contributed by atoms with E-state index in [0.717, 1.165) is 19.6 Å². The summed E-state index contributed by atoms with van der Waals surface area (Å²) in [5.41, 5.74) is 0.170. The summed E-state index contributed by atoms with van der Waals surface area (Å²) in [5.74, 6) is 0.686. The first-order chi connectivity index (χ1) is 7.45. The summed E-state index contributed by atoms with van der Waals surface area (Å²) in [6.07, 6.45) is 2.44. The van der Waals surface area contributed by atoms with Gasteiger partial charge in [-0.3, -0.25) is 4.79 Å². The van der Waals surface area contributed by atoms with Gasteiger partial charge in [-0.1, -0.05) is 13.8 Å². The SMILES string of the molecule is CN1CCC(C(C)(C)CNC(=O)CCl)CC1. The largest absolute Gasteiger partial charge is 0.355 e. The van der Waals surface area contributed by atoms with E-state index in [9.17, 15) is 4.79 Å². The highest BCUT2D eigenvalue weighted by Crippen LogP contribution is 2.34. The maximum absolute atomic E-state index is 11.1. The lowest BCUT2D eigenvalue weighted by atomic mass is 9.73. The van der Waals surface area contributed by atoms with Crippen LogP contribution in [-0.4, -0.2) is 43.4 Å². The van der Waals surface area contributed by atoms with Crippen LogP contribution in [0.4, 0.5) is 0 Å². The molecule has 1 fully saturated rings. The third-order valence-corrected chi connectivity index (χ3v) is 3.93. The zero-order valence-electron chi connectivity index (χ0n) is 10.6. The first-order valence-electron chi connectivity index (χ1n) is 5.97. The molecule has 94 valence electrons. The van der Waals surface area contributed by atoms with E-state index in [4.69, 9.17) is 11.6 Å². The second kappa shape index (κ2) is 5.87. The number of nitrogens with one attached hydrogen (secondary N) is 1. The van der Waals surface area contributed by atoms with Crippen molar-refractivity contribution in [1.82, 2.24) is 10.2 Å². The van der Waals surface area contributed by atoms with Gasteiger partial charge in [0.2, 0.25) is 5.91 Å². The first-order valence-corrected chi connectivity index (χ1v) is 6.50. The van der Waals surface area contributed by atoms with Gasteiger partial charge in [-0.2, -0.15) is 0 Å². The molecule has 0 unspecified atom stereocenters. The van der Waals surface area contributed by atoms with Crippen molar-refractivity contribution < 1.29 is 4.79 Å². The minimum absolute atomic E-state index is 0.0590. The zero-order chi connectivity index (χ0) is 12.2. The van der Waals surface area contributed by atoms with Gasteiger partial charge in [0.05, 0.1) is 0 Å². The fourth-order valence-corrected chi connectivity index (χ4v) is 2.40. The number of carbonyl (C=O) groups excluding carboxylic acids is 1. The molecule has 0 atom stereocenters. The van der Waals surface area contributed by atoms with Gasteiger partial charge >= 0.3 is 0 Å². The van der Waals surface area contributed by atoms with Crippen molar-refractivity contribution in [2.24, 2.45) is 11.3 Å². The van der Waals surface area contributed by atoms with Crippen molar-refractivity contribution in [3.63, 3.8) is 0 Å². The van der Waals surface area contributed by atoms with Crippen molar-refractivity contribution in [2.45, 2.75) is 26.7 Å². The molecule has 0 radical (unpaired) electrons. The van der Waals surface area contributed by atoms with Crippen LogP contribution in [-0.2, 0) is 4.79 Å². The van der Waals surface area contributed by atoms with Crippen LogP contribution in [0.2, 0.25) is 0 Å². The number of alkyl halides is 1. The number of nitrogens with zero attached hydrogens (tertiary/aromatic N) is 1. The number of hydrogen-bond acceptors (Lipinski definition) is 2. The summed E-state index contributed by atoms with van der Waals surface area (Å²) in [7, 11) is 2.17. The van der Waals surface area contributed by atoms with E-state index in [2.05, 4.69) is 31.1 Å². The third kappa shape index (κ3) is 3.95. The Hall–Kier alpha value is -0.280. The second-order valence-electron chi connectivity index (χ2n) is 5.48. The van der Waals surface area contributed by atoms with Gasteiger partial charge < -0.3 is 10.2 Å². The standard InChI is InChI=1S/C12H23ClN2O/c1-12(2,9-14-11(16)8-13)10-4-6-15(3)7-5-10/h10H,4-9H2,1-3H3,(H,14,16). The van der Waals surface area contributed by atoms with Gasteiger partial charge in [-0.05, 0) is 44.3 Å². The smallest absolute Gasteiger partial charge is 0.234 e. The van der Waals surface area contributed by atoms with E-state index < -0.39 is 0 Å². The molecule has 1 N–H and O–H groups in total. The van der Waals surface area contributed by atoms with Gasteiger partial charge in [0, 0.05) is 6.54 Å². The highest BCUT2D eigenvalue weighted by atomic mass is 35.5. The second-order valence-corrected chi connectivity index (χ2v) is 5.74. The maximum atomic E-state index is 11.1. The first kappa shape index (κ1) is 13.8. The summed E-state index contributed by atoms with van der Waals surface area (Å²) in [6.45, 7) is 7.52. The molecule has 1 rings (SSSR count). The molecule has 0 bridgehead atoms. The van der Waals surface area contributed by atoms with Crippen molar-refractivity contribution in [3.05, 3.63) is 0 Å². The molecule has 4 heteroatoms. The van der Waals surface area contributed by atoms with Crippen LogP contribution in [0.5, 0.6) is 0 Å². The number of rotatable bonds is 4. The molecule has 0 aromatic carbocycles. The Bertz CT molecular complexity index is 235. The lowest BCUT2D eigenvalue weighted by Gasteiger charge is -2.39. The van der Waals surface area contributed by atoms with Crippen LogP contribution in [0, 0.1) is 11.3 Å². The summed E-state index contributed by atoms with van der Waals surface area (Å²) >= 11 is 5.47. The quantitative estimate of drug-likeness (QED) is 0.766. The molecule has 0 spiro atoms. The van der Waals surface area contributed by atoms with E-state index in [1.165, 1.54) is 12.8 Å². The average molecular weight is 247 g/mol. The van der Waals surface area contributed by atoms with E-state index in [1.807, 2.05) is 0 Å². The Morgan fingerprint density at radius 2 is 2.00 bits per heavy atom. The summed E-state index contributed by atoms with van der Waals surface area (Å²) in [4.78, 5) is 13.5. The van der Waals surface area contributed by atoms with Crippen molar-refractivity contribution in [1.29, 1.82) is 0 Å². The van der Waals surface area contributed by atoms with E-state index in [1.54, 1.807) is 0 Å². The van der Waals surface area contributed by atoms with Gasteiger partial charge in [-0.15, -0.1) is 11.6 Å². The topological polar surface area (TPSA) is 32.3 Å². The number of carbonyl (C=O) groups is 1. The highest BCUT2D eigenvalue weighted by Gasteiger charge is 2.31. The summed E-state index contributed by atoms with van der Waals surface area (Å²) in [5, 5.41) is 2.90. The van der Waals surface area contributed by atoms with Gasteiger partial charge in [0.15, 0.2) is 0 Å². The minimum atomic E-state index is -0.0670. The molecule has 1 aliphatic heterocycles. The van der Waals surface area contributed by atoms with Gasteiger partial charge in [-0.25, -0.2) is 0 Å². The Balaban J connectivity index is 2.40. The number of halogens is 1. The van der Waals surface area contributed by atoms with Crippen LogP contribution in [0.25, 0.3) is 0 Å². The predicted molar refractivity (Wildman–Crippen MR) is 67.7 cm³/mol.